The third-order valence-electron chi connectivity index (χ3n) is 6.94. The van der Waals surface area contributed by atoms with Crippen molar-refractivity contribution in [1.82, 2.24) is 24.1 Å². The Hall–Kier alpha value is -3.90. The molecule has 4 heterocycles. The molecule has 1 aromatic carbocycles. The SMILES string of the molecule is COC(=O)c1cc(F)c(CC[Si](C)(C)C)cc1NC(=O)c1ccn2c(-c3cnn(C4CCCCO4)c3)cnc2n1. The number of imidazole rings is 1. The summed E-state index contributed by atoms with van der Waals surface area (Å²) in [7, 11) is -0.230. The Morgan fingerprint density at radius 1 is 1.23 bits per heavy atom. The number of rotatable bonds is 8. The quantitative estimate of drug-likeness (QED) is 0.227. The van der Waals surface area contributed by atoms with Crippen LogP contribution >= 0.6 is 0 Å². The maximum Gasteiger partial charge on any atom is 0.340 e. The number of fused-ring (bicyclic) bond motifs is 1. The molecular weight excluding hydrogens is 531 g/mol. The molecule has 12 heteroatoms. The largest absolute Gasteiger partial charge is 0.465 e. The third kappa shape index (κ3) is 5.97. The molecule has 1 fully saturated rings. The van der Waals surface area contributed by atoms with Crippen LogP contribution in [0, 0.1) is 5.82 Å². The fourth-order valence-electron chi connectivity index (χ4n) is 4.66. The van der Waals surface area contributed by atoms with Gasteiger partial charge in [0.15, 0.2) is 0 Å². The molecule has 0 saturated carbocycles. The van der Waals surface area contributed by atoms with E-state index in [9.17, 15) is 14.0 Å². The van der Waals surface area contributed by atoms with E-state index in [0.717, 1.165) is 49.2 Å². The van der Waals surface area contributed by atoms with E-state index < -0.39 is 25.8 Å². The molecule has 1 N–H and O–H groups in total. The summed E-state index contributed by atoms with van der Waals surface area (Å²) in [6.07, 6.45) is 10.6. The van der Waals surface area contributed by atoms with Crippen molar-refractivity contribution < 1.29 is 23.5 Å². The normalized spacial score (nSPS) is 15.8. The maximum absolute atomic E-state index is 14.8. The molecule has 1 unspecified atom stereocenters. The highest BCUT2D eigenvalue weighted by molar-refractivity contribution is 6.76. The number of halogens is 1. The molecule has 0 spiro atoms. The molecule has 0 bridgehead atoms. The van der Waals surface area contributed by atoms with Crippen LogP contribution in [0.5, 0.6) is 0 Å². The molecule has 1 aliphatic rings. The van der Waals surface area contributed by atoms with Gasteiger partial charge >= 0.3 is 5.97 Å². The van der Waals surface area contributed by atoms with E-state index in [1.54, 1.807) is 29.1 Å². The van der Waals surface area contributed by atoms with E-state index in [1.165, 1.54) is 13.2 Å². The summed E-state index contributed by atoms with van der Waals surface area (Å²) in [4.78, 5) is 34.4. The number of esters is 1. The number of amides is 1. The zero-order chi connectivity index (χ0) is 28.4. The first-order valence-corrected chi connectivity index (χ1v) is 17.1. The first-order chi connectivity index (χ1) is 19.1. The molecular formula is C28H33FN6O4Si. The second kappa shape index (κ2) is 11.3. The Morgan fingerprint density at radius 2 is 2.05 bits per heavy atom. The minimum atomic E-state index is -1.44. The van der Waals surface area contributed by atoms with Gasteiger partial charge in [0, 0.05) is 32.6 Å². The highest BCUT2D eigenvalue weighted by Crippen LogP contribution is 2.27. The molecule has 5 rings (SSSR count). The Balaban J connectivity index is 1.39. The summed E-state index contributed by atoms with van der Waals surface area (Å²) in [6.45, 7) is 7.34. The number of methoxy groups -OCH3 is 1. The Kier molecular flexibility index (Phi) is 7.81. The fourth-order valence-corrected chi connectivity index (χ4v) is 5.68. The van der Waals surface area contributed by atoms with Crippen molar-refractivity contribution in [3.8, 4) is 11.3 Å². The van der Waals surface area contributed by atoms with E-state index in [4.69, 9.17) is 9.47 Å². The molecule has 4 aromatic rings. The summed E-state index contributed by atoms with van der Waals surface area (Å²) < 4.78 is 29.1. The van der Waals surface area contributed by atoms with Crippen molar-refractivity contribution >= 4 is 31.4 Å². The minimum Gasteiger partial charge on any atom is -0.465 e. The average Bonchev–Trinajstić information content (AvgIpc) is 3.59. The van der Waals surface area contributed by atoms with Gasteiger partial charge in [-0.2, -0.15) is 5.10 Å². The van der Waals surface area contributed by atoms with E-state index in [1.807, 2.05) is 10.9 Å². The lowest BCUT2D eigenvalue weighted by Gasteiger charge is -2.22. The van der Waals surface area contributed by atoms with Crippen molar-refractivity contribution in [2.45, 2.75) is 57.6 Å². The molecule has 1 atom stereocenters. The maximum atomic E-state index is 14.8. The lowest BCUT2D eigenvalue weighted by Crippen LogP contribution is -2.21. The van der Waals surface area contributed by atoms with Crippen LogP contribution in [0.4, 0.5) is 10.1 Å². The second-order valence-electron chi connectivity index (χ2n) is 11.2. The third-order valence-corrected chi connectivity index (χ3v) is 8.69. The number of carbonyl (C=O) groups is 2. The number of aromatic nitrogens is 5. The van der Waals surface area contributed by atoms with Crippen LogP contribution in [0.2, 0.25) is 25.7 Å². The van der Waals surface area contributed by atoms with Gasteiger partial charge in [0.2, 0.25) is 5.78 Å². The van der Waals surface area contributed by atoms with Gasteiger partial charge in [-0.25, -0.2) is 23.8 Å². The molecule has 0 aliphatic carbocycles. The van der Waals surface area contributed by atoms with Crippen molar-refractivity contribution in [2.75, 3.05) is 19.0 Å². The van der Waals surface area contributed by atoms with Crippen LogP contribution in [0.3, 0.4) is 0 Å². The van der Waals surface area contributed by atoms with Gasteiger partial charge in [0.25, 0.3) is 5.91 Å². The number of anilines is 1. The van der Waals surface area contributed by atoms with Gasteiger partial charge in [-0.1, -0.05) is 25.7 Å². The molecule has 1 aliphatic heterocycles. The number of ether oxygens (including phenoxy) is 2. The van der Waals surface area contributed by atoms with Gasteiger partial charge in [0.1, 0.15) is 17.7 Å². The number of nitrogens with one attached hydrogen (secondary N) is 1. The highest BCUT2D eigenvalue weighted by atomic mass is 28.3. The smallest absolute Gasteiger partial charge is 0.340 e. The van der Waals surface area contributed by atoms with Crippen molar-refractivity contribution in [1.29, 1.82) is 0 Å². The van der Waals surface area contributed by atoms with Crippen molar-refractivity contribution in [3.63, 3.8) is 0 Å². The highest BCUT2D eigenvalue weighted by Gasteiger charge is 2.22. The van der Waals surface area contributed by atoms with Gasteiger partial charge in [-0.15, -0.1) is 0 Å². The van der Waals surface area contributed by atoms with Crippen LogP contribution in [0.15, 0.2) is 43.0 Å². The first-order valence-electron chi connectivity index (χ1n) is 13.4. The van der Waals surface area contributed by atoms with Crippen LogP contribution < -0.4 is 5.32 Å². The van der Waals surface area contributed by atoms with Gasteiger partial charge < -0.3 is 14.8 Å². The summed E-state index contributed by atoms with van der Waals surface area (Å²) in [6, 6.07) is 5.06. The zero-order valence-electron chi connectivity index (χ0n) is 23.1. The number of hydrogen-bond acceptors (Lipinski definition) is 7. The lowest BCUT2D eigenvalue weighted by atomic mass is 10.1. The molecule has 210 valence electrons. The molecule has 0 radical (unpaired) electrons. The van der Waals surface area contributed by atoms with E-state index in [0.29, 0.717) is 17.8 Å². The van der Waals surface area contributed by atoms with E-state index >= 15 is 0 Å². The van der Waals surface area contributed by atoms with Crippen LogP contribution in [0.1, 0.15) is 51.9 Å². The summed E-state index contributed by atoms with van der Waals surface area (Å²) in [5, 5.41) is 7.20. The number of aryl methyl sites for hydroxylation is 1. The molecule has 10 nitrogen and oxygen atoms in total. The summed E-state index contributed by atoms with van der Waals surface area (Å²) >= 11 is 0. The van der Waals surface area contributed by atoms with Crippen LogP contribution in [0.25, 0.3) is 17.0 Å². The topological polar surface area (TPSA) is 113 Å². The Bertz CT molecular complexity index is 1550. The van der Waals surface area contributed by atoms with Crippen LogP contribution in [-0.4, -0.2) is 57.8 Å². The fraction of sp³-hybridized carbons (Fsp3) is 0.393. The first kappa shape index (κ1) is 27.7. The second-order valence-corrected chi connectivity index (χ2v) is 16.8. The van der Waals surface area contributed by atoms with Crippen molar-refractivity contribution in [3.05, 3.63) is 65.6 Å². The van der Waals surface area contributed by atoms with Gasteiger partial charge in [-0.05, 0) is 49.4 Å². The average molecular weight is 565 g/mol. The lowest BCUT2D eigenvalue weighted by molar-refractivity contribution is -0.0394. The van der Waals surface area contributed by atoms with Crippen LogP contribution in [-0.2, 0) is 15.9 Å². The minimum absolute atomic E-state index is 0.0618. The van der Waals surface area contributed by atoms with Crippen molar-refractivity contribution in [2.24, 2.45) is 0 Å². The standard InChI is InChI=1S/C28H33FN6O4Si/c1-38-27(37)20-14-21(29)18(9-12-40(2,3)4)13-23(20)32-26(36)22-8-10-34-24(16-30-28(34)33-22)19-15-31-35(17-19)25-7-5-6-11-39-25/h8,10,13-17,25H,5-7,9,11-12H2,1-4H3,(H,32,36). The Morgan fingerprint density at radius 3 is 2.77 bits per heavy atom. The Labute approximate surface area is 232 Å². The molecule has 1 amide bonds. The van der Waals surface area contributed by atoms with Gasteiger partial charge in [-0.3, -0.25) is 9.20 Å². The van der Waals surface area contributed by atoms with Gasteiger partial charge in [0.05, 0.1) is 36.4 Å². The molecule has 1 saturated heterocycles. The number of nitrogens with zero attached hydrogens (tertiary/aromatic N) is 5. The van der Waals surface area contributed by atoms with E-state index in [2.05, 4.69) is 40.0 Å². The number of hydrogen-bond donors (Lipinski definition) is 1. The van der Waals surface area contributed by atoms with E-state index in [-0.39, 0.29) is 23.2 Å². The predicted octanol–water partition coefficient (Wildman–Crippen LogP) is 5.35. The zero-order valence-corrected chi connectivity index (χ0v) is 24.1. The monoisotopic (exact) mass is 564 g/mol. The number of benzene rings is 1. The predicted molar refractivity (Wildman–Crippen MR) is 151 cm³/mol. The molecule has 3 aromatic heterocycles. The summed E-state index contributed by atoms with van der Waals surface area (Å²) in [5.41, 5.74) is 2.27. The summed E-state index contributed by atoms with van der Waals surface area (Å²) in [5.74, 6) is -1.47. The molecule has 40 heavy (non-hydrogen) atoms. The number of carbonyl (C=O) groups excluding carboxylic acids is 2.